The Kier molecular flexibility index (Phi) is 3.36. The average molecular weight is 156 g/mol. The molecule has 11 heavy (non-hydrogen) atoms. The fourth-order valence-corrected chi connectivity index (χ4v) is 0.950. The third-order valence-corrected chi connectivity index (χ3v) is 1.86. The van der Waals surface area contributed by atoms with Crippen LogP contribution in [0.5, 0.6) is 0 Å². The van der Waals surface area contributed by atoms with Crippen LogP contribution in [-0.4, -0.2) is 38.0 Å². The molecule has 0 N–H and O–H groups in total. The smallest absolute Gasteiger partial charge is 0.0654 e. The number of hydrazone groups is 1. The van der Waals surface area contributed by atoms with Crippen LogP contribution in [0.15, 0.2) is 5.10 Å². The van der Waals surface area contributed by atoms with E-state index >= 15 is 0 Å². The summed E-state index contributed by atoms with van der Waals surface area (Å²) >= 11 is 0. The van der Waals surface area contributed by atoms with Gasteiger partial charge in [0, 0.05) is 19.9 Å². The lowest BCUT2D eigenvalue weighted by atomic mass is 9.98. The number of ether oxygens (including phenoxy) is 1. The SMILES string of the molecule is COCCN(C)N=C1CCC1. The lowest BCUT2D eigenvalue weighted by Gasteiger charge is -2.19. The summed E-state index contributed by atoms with van der Waals surface area (Å²) < 4.78 is 4.93. The summed E-state index contributed by atoms with van der Waals surface area (Å²) in [6, 6.07) is 0. The summed E-state index contributed by atoms with van der Waals surface area (Å²) in [5.41, 5.74) is 1.34. The Morgan fingerprint density at radius 3 is 2.73 bits per heavy atom. The van der Waals surface area contributed by atoms with Gasteiger partial charge in [-0.1, -0.05) is 0 Å². The first kappa shape index (κ1) is 8.53. The van der Waals surface area contributed by atoms with Gasteiger partial charge in [-0.3, -0.25) is 5.01 Å². The van der Waals surface area contributed by atoms with Crippen LogP contribution in [0.3, 0.4) is 0 Å². The molecule has 0 amide bonds. The molecule has 1 fully saturated rings. The van der Waals surface area contributed by atoms with Crippen LogP contribution in [0, 0.1) is 0 Å². The summed E-state index contributed by atoms with van der Waals surface area (Å²) in [6.07, 6.45) is 3.70. The molecule has 0 saturated heterocycles. The first-order valence-corrected chi connectivity index (χ1v) is 4.09. The molecule has 0 heterocycles. The topological polar surface area (TPSA) is 24.8 Å². The highest BCUT2D eigenvalue weighted by Gasteiger charge is 2.10. The molecule has 0 aromatic carbocycles. The van der Waals surface area contributed by atoms with E-state index in [0.717, 1.165) is 13.2 Å². The summed E-state index contributed by atoms with van der Waals surface area (Å²) in [4.78, 5) is 0. The Morgan fingerprint density at radius 1 is 1.55 bits per heavy atom. The van der Waals surface area contributed by atoms with Crippen molar-refractivity contribution in [1.29, 1.82) is 0 Å². The molecule has 0 atom stereocenters. The van der Waals surface area contributed by atoms with Crippen LogP contribution in [0.2, 0.25) is 0 Å². The molecule has 1 aliphatic carbocycles. The van der Waals surface area contributed by atoms with Crippen molar-refractivity contribution in [3.05, 3.63) is 0 Å². The van der Waals surface area contributed by atoms with Crippen molar-refractivity contribution in [3.8, 4) is 0 Å². The zero-order chi connectivity index (χ0) is 8.10. The van der Waals surface area contributed by atoms with Crippen LogP contribution in [0.4, 0.5) is 0 Å². The Bertz CT molecular complexity index is 139. The zero-order valence-electron chi connectivity index (χ0n) is 7.34. The number of nitrogens with zero attached hydrogens (tertiary/aromatic N) is 2. The molecule has 3 nitrogen and oxygen atoms in total. The molecule has 3 heteroatoms. The Balaban J connectivity index is 2.13. The van der Waals surface area contributed by atoms with E-state index in [1.54, 1.807) is 7.11 Å². The maximum atomic E-state index is 4.93. The number of rotatable bonds is 4. The van der Waals surface area contributed by atoms with E-state index in [2.05, 4.69) is 5.10 Å². The van der Waals surface area contributed by atoms with Crippen molar-refractivity contribution >= 4 is 5.71 Å². The number of methoxy groups -OCH3 is 1. The average Bonchev–Trinajstić information content (AvgIpc) is 1.93. The van der Waals surface area contributed by atoms with Gasteiger partial charge in [0.1, 0.15) is 0 Å². The maximum absolute atomic E-state index is 4.93. The molecule has 0 spiro atoms. The number of hydrogen-bond donors (Lipinski definition) is 0. The predicted octanol–water partition coefficient (Wildman–Crippen LogP) is 1.10. The van der Waals surface area contributed by atoms with Gasteiger partial charge in [-0.15, -0.1) is 0 Å². The van der Waals surface area contributed by atoms with Crippen LogP contribution >= 0.6 is 0 Å². The van der Waals surface area contributed by atoms with E-state index in [9.17, 15) is 0 Å². The van der Waals surface area contributed by atoms with Crippen molar-refractivity contribution in [2.45, 2.75) is 19.3 Å². The maximum Gasteiger partial charge on any atom is 0.0654 e. The molecular weight excluding hydrogens is 140 g/mol. The lowest BCUT2D eigenvalue weighted by molar-refractivity contribution is 0.163. The zero-order valence-corrected chi connectivity index (χ0v) is 7.34. The Hall–Kier alpha value is -0.570. The molecule has 0 bridgehead atoms. The molecule has 0 aliphatic heterocycles. The van der Waals surface area contributed by atoms with Crippen molar-refractivity contribution < 1.29 is 4.74 Å². The minimum Gasteiger partial charge on any atom is -0.383 e. The van der Waals surface area contributed by atoms with Gasteiger partial charge in [0.05, 0.1) is 13.2 Å². The monoisotopic (exact) mass is 156 g/mol. The predicted molar refractivity (Wildman–Crippen MR) is 45.8 cm³/mol. The highest BCUT2D eigenvalue weighted by atomic mass is 16.5. The highest BCUT2D eigenvalue weighted by Crippen LogP contribution is 2.14. The third kappa shape index (κ3) is 2.89. The molecule has 0 radical (unpaired) electrons. The van der Waals surface area contributed by atoms with Gasteiger partial charge in [0.25, 0.3) is 0 Å². The largest absolute Gasteiger partial charge is 0.383 e. The second-order valence-corrected chi connectivity index (χ2v) is 2.89. The van der Waals surface area contributed by atoms with E-state index in [0.29, 0.717) is 0 Å². The molecule has 1 saturated carbocycles. The van der Waals surface area contributed by atoms with Crippen molar-refractivity contribution in [1.82, 2.24) is 5.01 Å². The molecule has 0 unspecified atom stereocenters. The van der Waals surface area contributed by atoms with Gasteiger partial charge in [-0.2, -0.15) is 5.10 Å². The molecule has 1 rings (SSSR count). The summed E-state index contributed by atoms with van der Waals surface area (Å²) in [7, 11) is 3.70. The van der Waals surface area contributed by atoms with Crippen molar-refractivity contribution in [3.63, 3.8) is 0 Å². The van der Waals surface area contributed by atoms with E-state index in [4.69, 9.17) is 4.74 Å². The quantitative estimate of drug-likeness (QED) is 0.569. The first-order chi connectivity index (χ1) is 5.33. The second kappa shape index (κ2) is 4.34. The van der Waals surface area contributed by atoms with Crippen molar-refractivity contribution in [2.24, 2.45) is 5.10 Å². The Morgan fingerprint density at radius 2 is 2.27 bits per heavy atom. The number of likely N-dealkylation sites (N-methyl/N-ethyl adjacent to an activating group) is 1. The van der Waals surface area contributed by atoms with E-state index in [1.807, 2.05) is 12.1 Å². The van der Waals surface area contributed by atoms with Crippen LogP contribution < -0.4 is 0 Å². The van der Waals surface area contributed by atoms with Crippen LogP contribution in [0.1, 0.15) is 19.3 Å². The van der Waals surface area contributed by atoms with E-state index < -0.39 is 0 Å². The Labute approximate surface area is 68.0 Å². The minimum absolute atomic E-state index is 0.757. The van der Waals surface area contributed by atoms with Gasteiger partial charge in [-0.05, 0) is 19.3 Å². The fourth-order valence-electron chi connectivity index (χ4n) is 0.950. The number of hydrogen-bond acceptors (Lipinski definition) is 3. The van der Waals surface area contributed by atoms with Gasteiger partial charge < -0.3 is 4.74 Å². The molecular formula is C8H16N2O. The van der Waals surface area contributed by atoms with Gasteiger partial charge >= 0.3 is 0 Å². The molecule has 0 aromatic heterocycles. The van der Waals surface area contributed by atoms with Crippen LogP contribution in [-0.2, 0) is 4.74 Å². The highest BCUT2D eigenvalue weighted by molar-refractivity contribution is 5.88. The van der Waals surface area contributed by atoms with Gasteiger partial charge in [0.2, 0.25) is 0 Å². The van der Waals surface area contributed by atoms with E-state index in [-0.39, 0.29) is 0 Å². The van der Waals surface area contributed by atoms with Gasteiger partial charge in [0.15, 0.2) is 0 Å². The second-order valence-electron chi connectivity index (χ2n) is 2.89. The van der Waals surface area contributed by atoms with Gasteiger partial charge in [-0.25, -0.2) is 0 Å². The first-order valence-electron chi connectivity index (χ1n) is 4.09. The molecule has 1 aliphatic rings. The summed E-state index contributed by atoms with van der Waals surface area (Å²) in [5, 5.41) is 6.35. The summed E-state index contributed by atoms with van der Waals surface area (Å²) in [5.74, 6) is 0. The minimum atomic E-state index is 0.757. The fraction of sp³-hybridized carbons (Fsp3) is 0.875. The normalized spacial score (nSPS) is 16.0. The van der Waals surface area contributed by atoms with E-state index in [1.165, 1.54) is 25.0 Å². The standard InChI is InChI=1S/C8H16N2O/c1-10(6-7-11-2)9-8-4-3-5-8/h3-7H2,1-2H3. The van der Waals surface area contributed by atoms with Crippen molar-refractivity contribution in [2.75, 3.05) is 27.3 Å². The molecule has 64 valence electrons. The third-order valence-electron chi connectivity index (χ3n) is 1.86. The summed E-state index contributed by atoms with van der Waals surface area (Å²) in [6.45, 7) is 1.65. The molecule has 0 aromatic rings. The lowest BCUT2D eigenvalue weighted by Crippen LogP contribution is -2.21. The van der Waals surface area contributed by atoms with Crippen LogP contribution in [0.25, 0.3) is 0 Å².